The van der Waals surface area contributed by atoms with Crippen LogP contribution in [0.15, 0.2) is 23.1 Å². The molecule has 4 heterocycles. The standard InChI is InChI=1S/C18H20FN3O3S/c19-14-1-13(5-20)2-16(3-14)26(23)22-9-18(10-22)4-15(6-25-18)21-7-17(8-21)11-24-12-17/h1-3,15H,4,6-12H2. The Bertz CT molecular complexity index is 808. The fraction of sp³-hybridized carbons (Fsp3) is 0.611. The molecular formula is C18H20FN3O3S. The van der Waals surface area contributed by atoms with E-state index in [2.05, 4.69) is 4.90 Å². The van der Waals surface area contributed by atoms with Crippen LogP contribution < -0.4 is 0 Å². The van der Waals surface area contributed by atoms with Gasteiger partial charge in [0.2, 0.25) is 0 Å². The van der Waals surface area contributed by atoms with Crippen molar-refractivity contribution >= 4 is 11.0 Å². The van der Waals surface area contributed by atoms with Crippen molar-refractivity contribution in [2.45, 2.75) is 23.0 Å². The fourth-order valence-corrected chi connectivity index (χ4v) is 5.96. The zero-order chi connectivity index (χ0) is 17.9. The van der Waals surface area contributed by atoms with Crippen LogP contribution in [0.25, 0.3) is 0 Å². The van der Waals surface area contributed by atoms with Crippen molar-refractivity contribution in [1.29, 1.82) is 5.26 Å². The molecule has 2 spiro atoms. The summed E-state index contributed by atoms with van der Waals surface area (Å²) >= 11 is 0. The summed E-state index contributed by atoms with van der Waals surface area (Å²) in [6.07, 6.45) is 0.949. The Morgan fingerprint density at radius 2 is 2.00 bits per heavy atom. The topological polar surface area (TPSA) is 65.8 Å². The van der Waals surface area contributed by atoms with Crippen LogP contribution in [0.3, 0.4) is 0 Å². The molecule has 0 radical (unpaired) electrons. The Kier molecular flexibility index (Phi) is 3.75. The highest BCUT2D eigenvalue weighted by atomic mass is 32.2. The van der Waals surface area contributed by atoms with Gasteiger partial charge in [-0.25, -0.2) is 12.9 Å². The van der Waals surface area contributed by atoms with Gasteiger partial charge in [0.1, 0.15) is 16.8 Å². The van der Waals surface area contributed by atoms with Crippen molar-refractivity contribution in [2.24, 2.45) is 5.41 Å². The molecule has 2 unspecified atom stereocenters. The van der Waals surface area contributed by atoms with Gasteiger partial charge >= 0.3 is 0 Å². The Labute approximate surface area is 154 Å². The van der Waals surface area contributed by atoms with Gasteiger partial charge < -0.3 is 9.47 Å². The number of hydrogen-bond donors (Lipinski definition) is 0. The second kappa shape index (κ2) is 5.81. The summed E-state index contributed by atoms with van der Waals surface area (Å²) in [5.74, 6) is -0.536. The number of nitrogens with zero attached hydrogens (tertiary/aromatic N) is 3. The Hall–Kier alpha value is -1.37. The maximum absolute atomic E-state index is 13.6. The molecule has 1 aromatic carbocycles. The number of nitriles is 1. The summed E-state index contributed by atoms with van der Waals surface area (Å²) in [5.41, 5.74) is 0.357. The lowest BCUT2D eigenvalue weighted by molar-refractivity contribution is -0.197. The first-order valence-corrected chi connectivity index (χ1v) is 9.94. The Balaban J connectivity index is 1.19. The van der Waals surface area contributed by atoms with Crippen LogP contribution in [0.2, 0.25) is 0 Å². The molecule has 4 saturated heterocycles. The van der Waals surface area contributed by atoms with Crippen LogP contribution in [0.1, 0.15) is 12.0 Å². The highest BCUT2D eigenvalue weighted by Gasteiger charge is 2.57. The second-order valence-corrected chi connectivity index (χ2v) is 9.57. The van der Waals surface area contributed by atoms with Crippen LogP contribution >= 0.6 is 0 Å². The Morgan fingerprint density at radius 3 is 2.65 bits per heavy atom. The first-order valence-electron chi connectivity index (χ1n) is 8.83. The largest absolute Gasteiger partial charge is 0.380 e. The quantitative estimate of drug-likeness (QED) is 0.783. The minimum Gasteiger partial charge on any atom is -0.380 e. The van der Waals surface area contributed by atoms with E-state index < -0.39 is 16.8 Å². The molecule has 4 aliphatic rings. The molecule has 1 aromatic rings. The summed E-state index contributed by atoms with van der Waals surface area (Å²) in [6, 6.07) is 6.20. The molecule has 26 heavy (non-hydrogen) atoms. The predicted molar refractivity (Wildman–Crippen MR) is 91.0 cm³/mol. The van der Waals surface area contributed by atoms with Crippen LogP contribution in [0, 0.1) is 22.6 Å². The average molecular weight is 377 g/mol. The van der Waals surface area contributed by atoms with Gasteiger partial charge in [-0.2, -0.15) is 5.26 Å². The minimum atomic E-state index is -1.47. The van der Waals surface area contributed by atoms with E-state index in [-0.39, 0.29) is 11.2 Å². The van der Waals surface area contributed by atoms with Crippen LogP contribution in [-0.2, 0) is 20.5 Å². The summed E-state index contributed by atoms with van der Waals surface area (Å²) in [7, 11) is -1.47. The first-order chi connectivity index (χ1) is 12.5. The molecule has 6 nitrogen and oxygen atoms in total. The average Bonchev–Trinajstić information content (AvgIpc) is 2.95. The molecule has 0 aliphatic carbocycles. The van der Waals surface area contributed by atoms with Crippen molar-refractivity contribution in [3.63, 3.8) is 0 Å². The maximum Gasteiger partial charge on any atom is 0.127 e. The molecule has 8 heteroatoms. The normalized spacial score (nSPS) is 30.4. The summed E-state index contributed by atoms with van der Waals surface area (Å²) in [6.45, 7) is 5.82. The van der Waals surface area contributed by atoms with E-state index in [9.17, 15) is 8.60 Å². The van der Waals surface area contributed by atoms with Gasteiger partial charge in [-0.1, -0.05) is 0 Å². The molecule has 0 aromatic heterocycles. The van der Waals surface area contributed by atoms with Gasteiger partial charge in [-0.3, -0.25) is 4.90 Å². The summed E-state index contributed by atoms with van der Waals surface area (Å²) in [4.78, 5) is 2.81. The SMILES string of the molecule is N#Cc1cc(F)cc(S(=O)N2CC3(CC(N4CC5(COC5)C4)CO3)C2)c1. The maximum atomic E-state index is 13.6. The van der Waals surface area contributed by atoms with Gasteiger partial charge in [0.15, 0.2) is 0 Å². The molecule has 4 aliphatic heterocycles. The number of halogens is 1. The molecule has 5 rings (SSSR count). The number of ether oxygens (including phenoxy) is 2. The van der Waals surface area contributed by atoms with Gasteiger partial charge in [0, 0.05) is 37.6 Å². The molecule has 0 N–H and O–H groups in total. The Morgan fingerprint density at radius 1 is 1.23 bits per heavy atom. The lowest BCUT2D eigenvalue weighted by Crippen LogP contribution is -2.68. The van der Waals surface area contributed by atoms with E-state index in [1.54, 1.807) is 4.31 Å². The summed E-state index contributed by atoms with van der Waals surface area (Å²) in [5, 5.41) is 8.95. The molecule has 2 atom stereocenters. The van der Waals surface area contributed by atoms with Gasteiger partial charge in [0.05, 0.1) is 41.9 Å². The zero-order valence-electron chi connectivity index (χ0n) is 14.3. The molecule has 138 valence electrons. The van der Waals surface area contributed by atoms with Crippen molar-refractivity contribution in [2.75, 3.05) is 46.0 Å². The van der Waals surface area contributed by atoms with E-state index in [0.29, 0.717) is 29.4 Å². The fourth-order valence-electron chi connectivity index (χ4n) is 4.51. The molecular weight excluding hydrogens is 357 g/mol. The number of likely N-dealkylation sites (tertiary alicyclic amines) is 1. The smallest absolute Gasteiger partial charge is 0.127 e. The van der Waals surface area contributed by atoms with Gasteiger partial charge in [0.25, 0.3) is 0 Å². The van der Waals surface area contributed by atoms with Gasteiger partial charge in [-0.05, 0) is 24.6 Å². The minimum absolute atomic E-state index is 0.187. The lowest BCUT2D eigenvalue weighted by Gasteiger charge is -2.57. The third-order valence-electron chi connectivity index (χ3n) is 5.96. The van der Waals surface area contributed by atoms with Crippen LogP contribution in [0.4, 0.5) is 4.39 Å². The third kappa shape index (κ3) is 2.62. The molecule has 0 bridgehead atoms. The van der Waals surface area contributed by atoms with Gasteiger partial charge in [-0.15, -0.1) is 0 Å². The number of benzene rings is 1. The highest BCUT2D eigenvalue weighted by molar-refractivity contribution is 7.82. The number of hydrogen-bond acceptors (Lipinski definition) is 5. The van der Waals surface area contributed by atoms with Crippen molar-refractivity contribution in [1.82, 2.24) is 9.21 Å². The molecule has 4 fully saturated rings. The number of rotatable bonds is 3. The third-order valence-corrected chi connectivity index (χ3v) is 7.33. The lowest BCUT2D eigenvalue weighted by atomic mass is 9.76. The van der Waals surface area contributed by atoms with Crippen LogP contribution in [-0.4, -0.2) is 71.1 Å². The highest BCUT2D eigenvalue weighted by Crippen LogP contribution is 2.44. The van der Waals surface area contributed by atoms with Crippen molar-refractivity contribution in [3.05, 3.63) is 29.6 Å². The first kappa shape index (κ1) is 16.8. The zero-order valence-corrected chi connectivity index (χ0v) is 15.1. The predicted octanol–water partition coefficient (Wildman–Crippen LogP) is 0.895. The van der Waals surface area contributed by atoms with E-state index in [1.807, 2.05) is 6.07 Å². The van der Waals surface area contributed by atoms with E-state index in [1.165, 1.54) is 12.1 Å². The van der Waals surface area contributed by atoms with E-state index in [0.717, 1.165) is 45.4 Å². The monoisotopic (exact) mass is 377 g/mol. The van der Waals surface area contributed by atoms with E-state index >= 15 is 0 Å². The second-order valence-electron chi connectivity index (χ2n) is 8.08. The molecule has 0 amide bonds. The van der Waals surface area contributed by atoms with Crippen molar-refractivity contribution < 1.29 is 18.1 Å². The summed E-state index contributed by atoms with van der Waals surface area (Å²) < 4.78 is 39.5. The van der Waals surface area contributed by atoms with Crippen molar-refractivity contribution in [3.8, 4) is 6.07 Å². The van der Waals surface area contributed by atoms with E-state index in [4.69, 9.17) is 14.7 Å². The molecule has 0 saturated carbocycles. The van der Waals surface area contributed by atoms with Crippen LogP contribution in [0.5, 0.6) is 0 Å².